The van der Waals surface area contributed by atoms with Gasteiger partial charge < -0.3 is 20.8 Å². The molecule has 4 rings (SSSR count). The third-order valence-corrected chi connectivity index (χ3v) is 7.10. The van der Waals surface area contributed by atoms with Gasteiger partial charge in [0.05, 0.1) is 28.1 Å². The van der Waals surface area contributed by atoms with Crippen molar-refractivity contribution in [3.63, 3.8) is 0 Å². The second kappa shape index (κ2) is 11.9. The third kappa shape index (κ3) is 6.76. The number of rotatable bonds is 9. The Morgan fingerprint density at radius 1 is 0.895 bits per heavy atom. The van der Waals surface area contributed by atoms with Crippen molar-refractivity contribution in [3.05, 3.63) is 93.8 Å². The van der Waals surface area contributed by atoms with Gasteiger partial charge in [-0.2, -0.15) is 0 Å². The predicted octanol–water partition coefficient (Wildman–Crippen LogP) is 5.84. The summed E-state index contributed by atoms with van der Waals surface area (Å²) in [6.45, 7) is 0. The smallest absolute Gasteiger partial charge is 0.336 e. The van der Waals surface area contributed by atoms with Gasteiger partial charge in [0.25, 0.3) is 5.91 Å². The Morgan fingerprint density at radius 3 is 2.37 bits per heavy atom. The second-order valence-corrected chi connectivity index (χ2v) is 10.1. The second-order valence-electron chi connectivity index (χ2n) is 7.73. The molecule has 0 aliphatic rings. The Bertz CT molecular complexity index is 1540. The van der Waals surface area contributed by atoms with Crippen LogP contribution in [0.3, 0.4) is 0 Å². The summed E-state index contributed by atoms with van der Waals surface area (Å²) in [5, 5.41) is 26.8. The molecule has 0 aliphatic carbocycles. The largest absolute Gasteiger partial charge is 0.478 e. The Labute approximate surface area is 229 Å². The molecule has 0 fully saturated rings. The van der Waals surface area contributed by atoms with Gasteiger partial charge in [-0.1, -0.05) is 29.8 Å². The number of carbonyl (C=O) groups excluding carboxylic acids is 2. The fraction of sp³-hybridized carbons (Fsp3) is 0.0385. The Morgan fingerprint density at radius 2 is 1.66 bits per heavy atom. The number of nitrogens with zero attached hydrogens (tertiary/aromatic N) is 1. The van der Waals surface area contributed by atoms with Crippen LogP contribution < -0.4 is 10.6 Å². The van der Waals surface area contributed by atoms with Gasteiger partial charge in [-0.25, -0.2) is 14.6 Å². The van der Waals surface area contributed by atoms with Crippen LogP contribution in [-0.4, -0.2) is 44.7 Å². The fourth-order valence-electron chi connectivity index (χ4n) is 3.30. The first-order valence-corrected chi connectivity index (χ1v) is 13.1. The van der Waals surface area contributed by atoms with Crippen LogP contribution >= 0.6 is 34.7 Å². The quantitative estimate of drug-likeness (QED) is 0.184. The van der Waals surface area contributed by atoms with Crippen molar-refractivity contribution in [2.24, 2.45) is 0 Å². The number of thiazole rings is 1. The van der Waals surface area contributed by atoms with E-state index in [9.17, 15) is 24.3 Å². The van der Waals surface area contributed by atoms with E-state index in [-0.39, 0.29) is 22.8 Å². The average molecular weight is 568 g/mol. The molecule has 9 nitrogen and oxygen atoms in total. The molecule has 192 valence electrons. The number of hydrogen-bond donors (Lipinski definition) is 4. The number of benzene rings is 3. The van der Waals surface area contributed by atoms with E-state index in [1.54, 1.807) is 36.4 Å². The van der Waals surface area contributed by atoms with Crippen molar-refractivity contribution in [3.8, 4) is 11.3 Å². The van der Waals surface area contributed by atoms with Crippen molar-refractivity contribution in [1.82, 2.24) is 4.98 Å². The summed E-state index contributed by atoms with van der Waals surface area (Å²) in [5.41, 5.74) is 1.14. The van der Waals surface area contributed by atoms with Crippen LogP contribution in [0.4, 0.5) is 10.8 Å². The Hall–Kier alpha value is -4.19. The van der Waals surface area contributed by atoms with E-state index in [4.69, 9.17) is 16.7 Å². The zero-order chi connectivity index (χ0) is 27.2. The first-order chi connectivity index (χ1) is 18.2. The molecule has 0 saturated carbocycles. The maximum atomic E-state index is 12.7. The number of amides is 2. The molecule has 1 aromatic heterocycles. The number of thioether (sulfide) groups is 1. The number of nitrogens with one attached hydrogen (secondary N) is 2. The first-order valence-electron chi connectivity index (χ1n) is 10.9. The highest BCUT2D eigenvalue weighted by molar-refractivity contribution is 8.00. The van der Waals surface area contributed by atoms with Gasteiger partial charge in [-0.05, 0) is 48.5 Å². The number of halogens is 1. The van der Waals surface area contributed by atoms with E-state index >= 15 is 0 Å². The van der Waals surface area contributed by atoms with Crippen molar-refractivity contribution in [2.45, 2.75) is 4.90 Å². The van der Waals surface area contributed by atoms with Gasteiger partial charge in [0, 0.05) is 26.5 Å². The molecule has 0 aliphatic heterocycles. The van der Waals surface area contributed by atoms with Gasteiger partial charge >= 0.3 is 11.9 Å². The van der Waals surface area contributed by atoms with Crippen LogP contribution in [0.15, 0.2) is 77.0 Å². The lowest BCUT2D eigenvalue weighted by Gasteiger charge is -2.10. The maximum Gasteiger partial charge on any atom is 0.336 e. The molecule has 1 heterocycles. The van der Waals surface area contributed by atoms with E-state index in [1.807, 2.05) is 17.5 Å². The highest BCUT2D eigenvalue weighted by Gasteiger charge is 2.19. The molecule has 0 saturated heterocycles. The van der Waals surface area contributed by atoms with Crippen LogP contribution in [0.1, 0.15) is 31.1 Å². The molecule has 4 N–H and O–H groups in total. The molecular formula is C26H18ClN3O6S2. The minimum atomic E-state index is -1.42. The van der Waals surface area contributed by atoms with Gasteiger partial charge in [0.15, 0.2) is 5.13 Å². The number of aromatic nitrogens is 1. The summed E-state index contributed by atoms with van der Waals surface area (Å²) in [6, 6.07) is 17.2. The number of anilines is 2. The Balaban J connectivity index is 1.36. The maximum absolute atomic E-state index is 12.7. The van der Waals surface area contributed by atoms with Crippen LogP contribution in [-0.2, 0) is 4.79 Å². The molecular weight excluding hydrogens is 550 g/mol. The molecule has 0 atom stereocenters. The molecule has 12 heteroatoms. The molecule has 0 spiro atoms. The lowest BCUT2D eigenvalue weighted by molar-refractivity contribution is -0.113. The van der Waals surface area contributed by atoms with E-state index in [2.05, 4.69) is 15.6 Å². The summed E-state index contributed by atoms with van der Waals surface area (Å²) < 4.78 is 0. The summed E-state index contributed by atoms with van der Waals surface area (Å²) in [5.74, 6) is -3.60. The van der Waals surface area contributed by atoms with Gasteiger partial charge in [-0.15, -0.1) is 23.1 Å². The third-order valence-electron chi connectivity index (χ3n) is 5.09. The van der Waals surface area contributed by atoms with E-state index in [0.29, 0.717) is 20.7 Å². The summed E-state index contributed by atoms with van der Waals surface area (Å²) >= 11 is 8.46. The molecule has 3 aromatic carbocycles. The van der Waals surface area contributed by atoms with Crippen LogP contribution in [0.5, 0.6) is 0 Å². The lowest BCUT2D eigenvalue weighted by atomic mass is 10.0. The Kier molecular flexibility index (Phi) is 8.41. The zero-order valence-electron chi connectivity index (χ0n) is 19.3. The lowest BCUT2D eigenvalue weighted by Crippen LogP contribution is -2.17. The van der Waals surface area contributed by atoms with Crippen molar-refractivity contribution in [2.75, 3.05) is 16.4 Å². The van der Waals surface area contributed by atoms with Crippen molar-refractivity contribution >= 4 is 69.3 Å². The molecule has 38 heavy (non-hydrogen) atoms. The topological polar surface area (TPSA) is 146 Å². The molecule has 0 radical (unpaired) electrons. The highest BCUT2D eigenvalue weighted by atomic mass is 35.5. The summed E-state index contributed by atoms with van der Waals surface area (Å²) in [6.07, 6.45) is 0. The first kappa shape index (κ1) is 26.9. The van der Waals surface area contributed by atoms with E-state index < -0.39 is 23.4 Å². The summed E-state index contributed by atoms with van der Waals surface area (Å²) in [4.78, 5) is 53.0. The molecule has 0 bridgehead atoms. The van der Waals surface area contributed by atoms with Gasteiger partial charge in [0.1, 0.15) is 0 Å². The van der Waals surface area contributed by atoms with E-state index in [1.165, 1.54) is 23.1 Å². The number of hydrogen-bond acceptors (Lipinski definition) is 7. The van der Waals surface area contributed by atoms with Crippen LogP contribution in [0, 0.1) is 0 Å². The minimum Gasteiger partial charge on any atom is -0.478 e. The van der Waals surface area contributed by atoms with Gasteiger partial charge in [-0.3, -0.25) is 9.59 Å². The average Bonchev–Trinajstić information content (AvgIpc) is 3.36. The molecule has 4 aromatic rings. The normalized spacial score (nSPS) is 10.6. The minimum absolute atomic E-state index is 0.0903. The van der Waals surface area contributed by atoms with E-state index in [0.717, 1.165) is 29.5 Å². The zero-order valence-corrected chi connectivity index (χ0v) is 21.7. The standard InChI is InChI=1S/C26H18ClN3O6S2/c27-16-7-4-14(5-8-16)21-12-38-26(29-21)30-22(31)13-37-18-3-1-2-17(11-18)28-23(32)19-9-6-15(24(33)34)10-20(19)25(35)36/h1-12H,13H2,(H,28,32)(H,33,34)(H,35,36)(H,29,30,31). The number of carboxylic acids is 2. The van der Waals surface area contributed by atoms with Gasteiger partial charge in [0.2, 0.25) is 5.91 Å². The fourth-order valence-corrected chi connectivity index (χ4v) is 4.92. The predicted molar refractivity (Wildman–Crippen MR) is 147 cm³/mol. The molecule has 2 amide bonds. The molecule has 0 unspecified atom stereocenters. The number of carboxylic acid groups (broad SMARTS) is 2. The van der Waals surface area contributed by atoms with Crippen molar-refractivity contribution < 1.29 is 29.4 Å². The van der Waals surface area contributed by atoms with Crippen LogP contribution in [0.25, 0.3) is 11.3 Å². The van der Waals surface area contributed by atoms with Crippen LogP contribution in [0.2, 0.25) is 5.02 Å². The number of aromatic carboxylic acids is 2. The van der Waals surface area contributed by atoms with Crippen molar-refractivity contribution in [1.29, 1.82) is 0 Å². The highest BCUT2D eigenvalue weighted by Crippen LogP contribution is 2.27. The number of carbonyl (C=O) groups is 4. The monoisotopic (exact) mass is 567 g/mol. The summed E-state index contributed by atoms with van der Waals surface area (Å²) in [7, 11) is 0. The SMILES string of the molecule is O=C(CSc1cccc(NC(=O)c2ccc(C(=O)O)cc2C(=O)O)c1)Nc1nc(-c2ccc(Cl)cc2)cs1.